The molecule has 0 bridgehead atoms. The summed E-state index contributed by atoms with van der Waals surface area (Å²) in [6.07, 6.45) is -2.44. The molecule has 0 saturated carbocycles. The van der Waals surface area contributed by atoms with Crippen molar-refractivity contribution in [2.45, 2.75) is 25.6 Å². The lowest BCUT2D eigenvalue weighted by atomic mass is 10.1. The number of hydrogen-bond acceptors (Lipinski definition) is 6. The van der Waals surface area contributed by atoms with Gasteiger partial charge in [-0.1, -0.05) is 17.7 Å². The number of hydrogen-bond donors (Lipinski definition) is 2. The monoisotopic (exact) mass is 522 g/mol. The molecule has 0 saturated heterocycles. The van der Waals surface area contributed by atoms with Crippen LogP contribution in [0, 0.1) is 0 Å². The predicted molar refractivity (Wildman–Crippen MR) is 126 cm³/mol. The molecule has 0 radical (unpaired) electrons. The topological polar surface area (TPSA) is 107 Å². The Hall–Kier alpha value is -3.80. The third kappa shape index (κ3) is 5.38. The number of aromatic nitrogens is 5. The second-order valence-electron chi connectivity index (χ2n) is 8.01. The molecule has 0 spiro atoms. The van der Waals surface area contributed by atoms with Crippen LogP contribution in [0.4, 0.5) is 13.2 Å². The molecule has 13 heteroatoms. The lowest BCUT2D eigenvalue weighted by molar-refractivity contribution is -0.158. The van der Waals surface area contributed by atoms with E-state index in [0.717, 1.165) is 23.4 Å². The van der Waals surface area contributed by atoms with Crippen molar-refractivity contribution in [3.05, 3.63) is 52.9 Å². The van der Waals surface area contributed by atoms with E-state index in [4.69, 9.17) is 21.1 Å². The number of nitrogens with one attached hydrogen (secondary N) is 2. The minimum Gasteiger partial charge on any atom is -0.493 e. The van der Waals surface area contributed by atoms with Crippen LogP contribution in [0.1, 0.15) is 18.3 Å². The van der Waals surface area contributed by atoms with Crippen molar-refractivity contribution in [1.82, 2.24) is 30.3 Å². The molecule has 36 heavy (non-hydrogen) atoms. The van der Waals surface area contributed by atoms with Gasteiger partial charge in [0.05, 0.1) is 23.8 Å². The highest BCUT2D eigenvalue weighted by Crippen LogP contribution is 2.32. The Balaban J connectivity index is 1.48. The van der Waals surface area contributed by atoms with Crippen LogP contribution in [0.25, 0.3) is 22.3 Å². The molecule has 1 atom stereocenters. The highest BCUT2D eigenvalue weighted by atomic mass is 35.5. The first-order chi connectivity index (χ1) is 17.1. The molecule has 1 amide bonds. The maximum atomic E-state index is 12.6. The van der Waals surface area contributed by atoms with Gasteiger partial charge in [-0.15, -0.1) is 0 Å². The number of ether oxygens (including phenoxy) is 2. The van der Waals surface area contributed by atoms with Crippen LogP contribution in [0.3, 0.4) is 0 Å². The number of aromatic amines is 1. The first kappa shape index (κ1) is 25.3. The Morgan fingerprint density at radius 1 is 1.25 bits per heavy atom. The number of fused-ring (bicyclic) bond motifs is 1. The van der Waals surface area contributed by atoms with E-state index in [-0.39, 0.29) is 11.5 Å². The zero-order valence-corrected chi connectivity index (χ0v) is 20.2. The van der Waals surface area contributed by atoms with Gasteiger partial charge in [-0.2, -0.15) is 23.4 Å². The fourth-order valence-corrected chi connectivity index (χ4v) is 3.74. The summed E-state index contributed by atoms with van der Waals surface area (Å²) in [5.74, 6) is 0.646. The van der Waals surface area contributed by atoms with E-state index in [1.165, 1.54) is 13.2 Å². The van der Waals surface area contributed by atoms with Gasteiger partial charge in [0.25, 0.3) is 5.91 Å². The fourth-order valence-electron chi connectivity index (χ4n) is 3.46. The van der Waals surface area contributed by atoms with Crippen LogP contribution in [-0.2, 0) is 18.3 Å². The summed E-state index contributed by atoms with van der Waals surface area (Å²) < 4.78 is 50.2. The maximum Gasteiger partial charge on any atom is 0.408 e. The number of carbonyl (C=O) groups is 1. The van der Waals surface area contributed by atoms with Crippen molar-refractivity contribution < 1.29 is 27.4 Å². The smallest absolute Gasteiger partial charge is 0.408 e. The molecule has 2 N–H and O–H groups in total. The molecule has 0 aliphatic carbocycles. The number of benzene rings is 2. The van der Waals surface area contributed by atoms with Crippen LogP contribution in [0.2, 0.25) is 5.02 Å². The number of nitrogens with zero attached hydrogens (tertiary/aromatic N) is 4. The molecular formula is C23H22ClF3N6O3. The summed E-state index contributed by atoms with van der Waals surface area (Å²) >= 11 is 6.54. The molecule has 2 aromatic heterocycles. The number of aryl methyl sites for hydroxylation is 1. The molecule has 9 nitrogen and oxygen atoms in total. The Morgan fingerprint density at radius 3 is 2.75 bits per heavy atom. The number of rotatable bonds is 8. The van der Waals surface area contributed by atoms with Gasteiger partial charge >= 0.3 is 6.18 Å². The number of methoxy groups -OCH3 is 1. The van der Waals surface area contributed by atoms with Crippen molar-refractivity contribution >= 4 is 28.4 Å². The van der Waals surface area contributed by atoms with E-state index < -0.39 is 24.7 Å². The summed E-state index contributed by atoms with van der Waals surface area (Å²) in [5.41, 5.74) is 2.32. The Labute approximate surface area is 208 Å². The lowest BCUT2D eigenvalue weighted by Gasteiger charge is -2.17. The zero-order valence-electron chi connectivity index (χ0n) is 19.5. The molecule has 2 heterocycles. The van der Waals surface area contributed by atoms with Crippen molar-refractivity contribution in [3.8, 4) is 22.9 Å². The molecule has 4 rings (SSSR count). The summed E-state index contributed by atoms with van der Waals surface area (Å²) in [4.78, 5) is 16.4. The third-order valence-electron chi connectivity index (χ3n) is 5.49. The van der Waals surface area contributed by atoms with E-state index in [1.54, 1.807) is 30.1 Å². The first-order valence-electron chi connectivity index (χ1n) is 10.7. The first-order valence-corrected chi connectivity index (χ1v) is 11.1. The second-order valence-corrected chi connectivity index (χ2v) is 8.39. The average molecular weight is 523 g/mol. The summed E-state index contributed by atoms with van der Waals surface area (Å²) in [6.45, 7) is 0.245. The van der Waals surface area contributed by atoms with Crippen LogP contribution < -0.4 is 14.8 Å². The van der Waals surface area contributed by atoms with Gasteiger partial charge in [-0.05, 0) is 36.8 Å². The van der Waals surface area contributed by atoms with E-state index in [9.17, 15) is 18.0 Å². The summed E-state index contributed by atoms with van der Waals surface area (Å²) in [7, 11) is 3.18. The molecule has 1 unspecified atom stereocenters. The van der Waals surface area contributed by atoms with Gasteiger partial charge < -0.3 is 14.8 Å². The summed E-state index contributed by atoms with van der Waals surface area (Å²) in [6, 6.07) is 6.63. The largest absolute Gasteiger partial charge is 0.493 e. The van der Waals surface area contributed by atoms with Crippen molar-refractivity contribution in [2.75, 3.05) is 13.7 Å². The van der Waals surface area contributed by atoms with Crippen LogP contribution in [0.5, 0.6) is 11.5 Å². The van der Waals surface area contributed by atoms with Gasteiger partial charge in [0.15, 0.2) is 23.9 Å². The van der Waals surface area contributed by atoms with Crippen molar-refractivity contribution in [1.29, 1.82) is 0 Å². The Bertz CT molecular complexity index is 1400. The normalized spacial score (nSPS) is 12.5. The molecule has 190 valence electrons. The number of amides is 1. The minimum absolute atomic E-state index is 0.187. The van der Waals surface area contributed by atoms with Crippen molar-refractivity contribution in [3.63, 3.8) is 0 Å². The fraction of sp³-hybridized carbons (Fsp3) is 0.304. The van der Waals surface area contributed by atoms with Crippen LogP contribution in [-0.4, -0.2) is 56.8 Å². The van der Waals surface area contributed by atoms with Crippen LogP contribution >= 0.6 is 11.6 Å². The van der Waals surface area contributed by atoms with Gasteiger partial charge in [0.2, 0.25) is 0 Å². The van der Waals surface area contributed by atoms with Gasteiger partial charge in [0, 0.05) is 24.4 Å². The number of carbonyl (C=O) groups excluding carboxylic acids is 1. The maximum absolute atomic E-state index is 12.6. The highest BCUT2D eigenvalue weighted by Gasteiger charge is 2.37. The lowest BCUT2D eigenvalue weighted by Crippen LogP contribution is -2.44. The third-order valence-corrected chi connectivity index (χ3v) is 5.94. The standard InChI is InChI=1S/C23H22ClF3N6O3/c1-12(23(25,26)27)29-20(34)11-36-17-7-5-14(8-18(17)35-3)22-30-19(33(2)32-22)9-13-4-6-16-15(21(13)24)10-28-31-16/h4-8,10,12H,9,11H2,1-3H3,(H,28,31)(H,29,34). The van der Waals surface area contributed by atoms with E-state index >= 15 is 0 Å². The van der Waals surface area contributed by atoms with Gasteiger partial charge in [-0.3, -0.25) is 14.6 Å². The Morgan fingerprint density at radius 2 is 2.03 bits per heavy atom. The average Bonchev–Trinajstić information content (AvgIpc) is 3.46. The SMILES string of the molecule is COc1cc(-c2nc(Cc3ccc4[nH]ncc4c3Cl)n(C)n2)ccc1OCC(=O)NC(C)C(F)(F)F. The second kappa shape index (κ2) is 10.1. The highest BCUT2D eigenvalue weighted by molar-refractivity contribution is 6.36. The van der Waals surface area contributed by atoms with Crippen LogP contribution in [0.15, 0.2) is 36.5 Å². The van der Waals surface area contributed by atoms with Gasteiger partial charge in [0.1, 0.15) is 11.9 Å². The number of H-pyrrole nitrogens is 1. The van der Waals surface area contributed by atoms with E-state index in [1.807, 2.05) is 17.4 Å². The number of halogens is 4. The molecule has 2 aromatic carbocycles. The number of alkyl halides is 3. The minimum atomic E-state index is -4.54. The molecular weight excluding hydrogens is 501 g/mol. The molecule has 0 fully saturated rings. The predicted octanol–water partition coefficient (Wildman–Crippen LogP) is 4.06. The molecule has 0 aliphatic rings. The summed E-state index contributed by atoms with van der Waals surface area (Å²) in [5, 5.41) is 14.6. The van der Waals surface area contributed by atoms with Crippen molar-refractivity contribution in [2.24, 2.45) is 7.05 Å². The van der Waals surface area contributed by atoms with E-state index in [2.05, 4.69) is 20.3 Å². The molecule has 0 aliphatic heterocycles. The van der Waals surface area contributed by atoms with Gasteiger partial charge in [-0.25, -0.2) is 4.98 Å². The van der Waals surface area contributed by atoms with E-state index in [0.29, 0.717) is 28.7 Å². The molecule has 4 aromatic rings. The Kier molecular flexibility index (Phi) is 7.07. The zero-order chi connectivity index (χ0) is 26.0. The quantitative estimate of drug-likeness (QED) is 0.361.